The van der Waals surface area contributed by atoms with E-state index in [1.165, 1.54) is 32.2 Å². The van der Waals surface area contributed by atoms with Crippen molar-refractivity contribution in [2.24, 2.45) is 0 Å². The Bertz CT molecular complexity index is 136. The highest BCUT2D eigenvalue weighted by Crippen LogP contribution is 2.23. The monoisotopic (exact) mass is 184 g/mol. The summed E-state index contributed by atoms with van der Waals surface area (Å²) in [6.07, 6.45) is 5.41. The lowest BCUT2D eigenvalue weighted by molar-refractivity contribution is 0.169. The molecule has 2 heteroatoms. The molecule has 0 aromatic heterocycles. The molecule has 1 N–H and O–H groups in total. The van der Waals surface area contributed by atoms with Gasteiger partial charge in [-0.3, -0.25) is 4.90 Å². The molecule has 1 aliphatic heterocycles. The number of nitrogens with zero attached hydrogens (tertiary/aromatic N) is 1. The van der Waals surface area contributed by atoms with Crippen molar-refractivity contribution in [3.05, 3.63) is 0 Å². The Kier molecular flexibility index (Phi) is 4.74. The van der Waals surface area contributed by atoms with Gasteiger partial charge in [-0.1, -0.05) is 13.8 Å². The summed E-state index contributed by atoms with van der Waals surface area (Å²) in [5.74, 6) is 0. The lowest BCUT2D eigenvalue weighted by Gasteiger charge is -2.31. The fourth-order valence-electron chi connectivity index (χ4n) is 2.51. The SMILES string of the molecule is CCC1CCCN1C(CC)CNC. The second kappa shape index (κ2) is 5.61. The van der Waals surface area contributed by atoms with E-state index in [1.807, 2.05) is 0 Å². The second-order valence-electron chi connectivity index (χ2n) is 4.06. The maximum Gasteiger partial charge on any atom is 0.0220 e. The molecule has 1 rings (SSSR count). The Morgan fingerprint density at radius 3 is 2.77 bits per heavy atom. The predicted octanol–water partition coefficient (Wildman–Crippen LogP) is 1.86. The van der Waals surface area contributed by atoms with E-state index in [1.54, 1.807) is 0 Å². The van der Waals surface area contributed by atoms with Gasteiger partial charge in [0, 0.05) is 18.6 Å². The molecule has 2 nitrogen and oxygen atoms in total. The molecular weight excluding hydrogens is 160 g/mol. The zero-order valence-corrected chi connectivity index (χ0v) is 9.34. The third kappa shape index (κ3) is 2.68. The van der Waals surface area contributed by atoms with Crippen LogP contribution in [0.4, 0.5) is 0 Å². The van der Waals surface area contributed by atoms with Crippen molar-refractivity contribution in [2.75, 3.05) is 20.1 Å². The van der Waals surface area contributed by atoms with Gasteiger partial charge in [-0.25, -0.2) is 0 Å². The minimum absolute atomic E-state index is 0.762. The molecule has 0 saturated carbocycles. The summed E-state index contributed by atoms with van der Waals surface area (Å²) >= 11 is 0. The molecular formula is C11H24N2. The van der Waals surface area contributed by atoms with Crippen LogP contribution in [0, 0.1) is 0 Å². The molecule has 0 aromatic carbocycles. The molecule has 0 radical (unpaired) electrons. The number of likely N-dealkylation sites (N-methyl/N-ethyl adjacent to an activating group) is 1. The van der Waals surface area contributed by atoms with Gasteiger partial charge in [-0.2, -0.15) is 0 Å². The van der Waals surface area contributed by atoms with Crippen LogP contribution in [-0.2, 0) is 0 Å². The van der Waals surface area contributed by atoms with Crippen molar-refractivity contribution in [3.8, 4) is 0 Å². The third-order valence-corrected chi connectivity index (χ3v) is 3.27. The average Bonchev–Trinajstić information content (AvgIpc) is 2.61. The number of nitrogens with one attached hydrogen (secondary N) is 1. The van der Waals surface area contributed by atoms with Gasteiger partial charge >= 0.3 is 0 Å². The van der Waals surface area contributed by atoms with Gasteiger partial charge in [0.2, 0.25) is 0 Å². The predicted molar refractivity (Wildman–Crippen MR) is 58.0 cm³/mol. The smallest absolute Gasteiger partial charge is 0.0220 e. The number of likely N-dealkylation sites (tertiary alicyclic amines) is 1. The van der Waals surface area contributed by atoms with E-state index in [9.17, 15) is 0 Å². The molecule has 13 heavy (non-hydrogen) atoms. The molecule has 78 valence electrons. The van der Waals surface area contributed by atoms with Crippen LogP contribution in [0.15, 0.2) is 0 Å². The molecule has 2 atom stereocenters. The maximum atomic E-state index is 3.30. The van der Waals surface area contributed by atoms with E-state index in [4.69, 9.17) is 0 Å². The highest BCUT2D eigenvalue weighted by atomic mass is 15.2. The highest BCUT2D eigenvalue weighted by Gasteiger charge is 2.27. The summed E-state index contributed by atoms with van der Waals surface area (Å²) in [6.45, 7) is 7.08. The quantitative estimate of drug-likeness (QED) is 0.701. The first-order valence-electron chi connectivity index (χ1n) is 5.73. The van der Waals surface area contributed by atoms with Gasteiger partial charge in [-0.15, -0.1) is 0 Å². The van der Waals surface area contributed by atoms with E-state index in [0.29, 0.717) is 0 Å². The minimum atomic E-state index is 0.762. The standard InChI is InChI=1S/C11H24N2/c1-4-10-7-6-8-13(10)11(5-2)9-12-3/h10-12H,4-9H2,1-3H3. The first-order valence-corrected chi connectivity index (χ1v) is 5.73. The van der Waals surface area contributed by atoms with Gasteiger partial charge in [0.15, 0.2) is 0 Å². The Balaban J connectivity index is 2.46. The summed E-state index contributed by atoms with van der Waals surface area (Å²) in [5.41, 5.74) is 0. The minimum Gasteiger partial charge on any atom is -0.318 e. The van der Waals surface area contributed by atoms with E-state index < -0.39 is 0 Å². The lowest BCUT2D eigenvalue weighted by atomic mass is 10.1. The van der Waals surface area contributed by atoms with Crippen LogP contribution in [0.25, 0.3) is 0 Å². The number of hydrogen-bond acceptors (Lipinski definition) is 2. The fourth-order valence-corrected chi connectivity index (χ4v) is 2.51. The van der Waals surface area contributed by atoms with Gasteiger partial charge in [0.1, 0.15) is 0 Å². The van der Waals surface area contributed by atoms with Crippen LogP contribution in [0.1, 0.15) is 39.5 Å². The molecule has 1 fully saturated rings. The van der Waals surface area contributed by atoms with Crippen LogP contribution >= 0.6 is 0 Å². The molecule has 1 aliphatic rings. The summed E-state index contributed by atoms with van der Waals surface area (Å²) in [7, 11) is 2.06. The van der Waals surface area contributed by atoms with Crippen LogP contribution in [0.3, 0.4) is 0 Å². The molecule has 0 aromatic rings. The topological polar surface area (TPSA) is 15.3 Å². The Morgan fingerprint density at radius 1 is 1.46 bits per heavy atom. The normalized spacial score (nSPS) is 26.5. The summed E-state index contributed by atoms with van der Waals surface area (Å²) < 4.78 is 0. The van der Waals surface area contributed by atoms with Gasteiger partial charge in [-0.05, 0) is 39.3 Å². The number of hydrogen-bond donors (Lipinski definition) is 1. The van der Waals surface area contributed by atoms with Crippen LogP contribution < -0.4 is 5.32 Å². The van der Waals surface area contributed by atoms with Crippen molar-refractivity contribution in [2.45, 2.75) is 51.6 Å². The Hall–Kier alpha value is -0.0800. The molecule has 0 aliphatic carbocycles. The van der Waals surface area contributed by atoms with E-state index >= 15 is 0 Å². The van der Waals surface area contributed by atoms with Gasteiger partial charge < -0.3 is 5.32 Å². The van der Waals surface area contributed by atoms with Crippen molar-refractivity contribution >= 4 is 0 Å². The molecule has 1 saturated heterocycles. The summed E-state index contributed by atoms with van der Waals surface area (Å²) in [5, 5.41) is 3.30. The first-order chi connectivity index (χ1) is 6.33. The zero-order chi connectivity index (χ0) is 9.68. The van der Waals surface area contributed by atoms with Crippen molar-refractivity contribution < 1.29 is 0 Å². The largest absolute Gasteiger partial charge is 0.318 e. The molecule has 1 heterocycles. The number of rotatable bonds is 5. The summed E-state index contributed by atoms with van der Waals surface area (Å²) in [4.78, 5) is 2.70. The van der Waals surface area contributed by atoms with E-state index in [0.717, 1.165) is 18.6 Å². The average molecular weight is 184 g/mol. The van der Waals surface area contributed by atoms with Crippen molar-refractivity contribution in [3.63, 3.8) is 0 Å². The summed E-state index contributed by atoms with van der Waals surface area (Å²) in [6, 6.07) is 1.62. The molecule has 2 unspecified atom stereocenters. The maximum absolute atomic E-state index is 3.30. The molecule has 0 bridgehead atoms. The van der Waals surface area contributed by atoms with Crippen LogP contribution in [0.5, 0.6) is 0 Å². The third-order valence-electron chi connectivity index (χ3n) is 3.27. The highest BCUT2D eigenvalue weighted by molar-refractivity contribution is 4.84. The van der Waals surface area contributed by atoms with Gasteiger partial charge in [0.25, 0.3) is 0 Å². The lowest BCUT2D eigenvalue weighted by Crippen LogP contribution is -2.43. The Morgan fingerprint density at radius 2 is 2.23 bits per heavy atom. The van der Waals surface area contributed by atoms with Crippen molar-refractivity contribution in [1.29, 1.82) is 0 Å². The van der Waals surface area contributed by atoms with Crippen LogP contribution in [0.2, 0.25) is 0 Å². The zero-order valence-electron chi connectivity index (χ0n) is 9.34. The Labute approximate surface area is 82.7 Å². The second-order valence-corrected chi connectivity index (χ2v) is 4.06. The van der Waals surface area contributed by atoms with Gasteiger partial charge in [0.05, 0.1) is 0 Å². The van der Waals surface area contributed by atoms with E-state index in [-0.39, 0.29) is 0 Å². The van der Waals surface area contributed by atoms with Crippen LogP contribution in [-0.4, -0.2) is 37.1 Å². The van der Waals surface area contributed by atoms with Crippen molar-refractivity contribution in [1.82, 2.24) is 10.2 Å². The van der Waals surface area contributed by atoms with E-state index in [2.05, 4.69) is 31.1 Å². The molecule has 0 amide bonds. The molecule has 0 spiro atoms. The first kappa shape index (κ1) is 11.0. The fraction of sp³-hybridized carbons (Fsp3) is 1.00.